The van der Waals surface area contributed by atoms with Crippen molar-refractivity contribution in [3.63, 3.8) is 0 Å². The van der Waals surface area contributed by atoms with E-state index in [0.717, 1.165) is 5.56 Å². The van der Waals surface area contributed by atoms with Gasteiger partial charge in [-0.1, -0.05) is 30.3 Å². The third kappa shape index (κ3) is 12.7. The van der Waals surface area contributed by atoms with Crippen LogP contribution in [-0.2, 0) is 25.6 Å². The van der Waals surface area contributed by atoms with Gasteiger partial charge in [-0.15, -0.1) is 0 Å². The summed E-state index contributed by atoms with van der Waals surface area (Å²) in [6.45, 7) is 0.337. The molecular weight excluding hydrogens is 468 g/mol. The zero-order chi connectivity index (χ0) is 26.9. The van der Waals surface area contributed by atoms with Gasteiger partial charge in [-0.25, -0.2) is 4.79 Å². The fraction of sp³-hybridized carbons (Fsp3) is 0.522. The Bertz CT molecular complexity index is 877. The van der Waals surface area contributed by atoms with E-state index in [9.17, 15) is 24.3 Å². The Labute approximate surface area is 210 Å². The van der Waals surface area contributed by atoms with Crippen molar-refractivity contribution in [1.29, 1.82) is 0 Å². The first-order valence-corrected chi connectivity index (χ1v) is 11.8. The summed E-state index contributed by atoms with van der Waals surface area (Å²) in [6.07, 6.45) is 2.30. The average Bonchev–Trinajstić information content (AvgIpc) is 2.84. The number of aliphatic imine (C=N–C) groups is 1. The molecule has 13 heteroatoms. The first-order valence-electron chi connectivity index (χ1n) is 11.8. The molecule has 12 N–H and O–H groups in total. The molecule has 0 aliphatic heterocycles. The molecule has 0 bridgehead atoms. The zero-order valence-electron chi connectivity index (χ0n) is 20.3. The summed E-state index contributed by atoms with van der Waals surface area (Å²) in [5.41, 5.74) is 22.5. The maximum atomic E-state index is 12.9. The number of rotatable bonds is 17. The van der Waals surface area contributed by atoms with Crippen molar-refractivity contribution in [2.24, 2.45) is 27.9 Å². The van der Waals surface area contributed by atoms with Gasteiger partial charge in [0.1, 0.15) is 12.1 Å². The van der Waals surface area contributed by atoms with Crippen LogP contribution >= 0.6 is 0 Å². The Morgan fingerprint density at radius 3 is 2.22 bits per heavy atom. The SMILES string of the molecule is NCCCCC(NC(=O)CNC(=O)C(N)CCCN=C(N)N)C(=O)NC(Cc1ccccc1)C(=O)O. The lowest BCUT2D eigenvalue weighted by Gasteiger charge is -2.22. The molecule has 0 aromatic heterocycles. The van der Waals surface area contributed by atoms with Gasteiger partial charge in [0.15, 0.2) is 5.96 Å². The lowest BCUT2D eigenvalue weighted by molar-refractivity contribution is -0.142. The summed E-state index contributed by atoms with van der Waals surface area (Å²) in [5.74, 6) is -3.03. The van der Waals surface area contributed by atoms with E-state index < -0.39 is 48.4 Å². The van der Waals surface area contributed by atoms with Crippen LogP contribution in [0, 0.1) is 0 Å². The molecular formula is C23H38N8O5. The van der Waals surface area contributed by atoms with Crippen molar-refractivity contribution < 1.29 is 24.3 Å². The molecule has 0 radical (unpaired) electrons. The first-order chi connectivity index (χ1) is 17.1. The predicted octanol–water partition coefficient (Wildman–Crippen LogP) is -2.09. The number of guanidine groups is 1. The van der Waals surface area contributed by atoms with Gasteiger partial charge in [0, 0.05) is 13.0 Å². The Hall–Kier alpha value is -3.71. The minimum absolute atomic E-state index is 0.0514. The first kappa shape index (κ1) is 30.3. The maximum Gasteiger partial charge on any atom is 0.326 e. The summed E-state index contributed by atoms with van der Waals surface area (Å²) in [6, 6.07) is 5.85. The van der Waals surface area contributed by atoms with Gasteiger partial charge in [0.2, 0.25) is 17.7 Å². The standard InChI is InChI=1S/C23H38N8O5/c24-11-5-4-10-17(21(34)31-18(22(35)36)13-15-7-2-1-3-8-15)30-19(32)14-29-20(33)16(25)9-6-12-28-23(26)27/h1-3,7-8,16-18H,4-6,9-14,24-25H2,(H,29,33)(H,30,32)(H,31,34)(H,35,36)(H4,26,27,28). The van der Waals surface area contributed by atoms with Gasteiger partial charge >= 0.3 is 5.97 Å². The number of carbonyl (C=O) groups is 4. The number of nitrogens with two attached hydrogens (primary N) is 4. The number of hydrogen-bond donors (Lipinski definition) is 8. The average molecular weight is 507 g/mol. The number of hydrogen-bond acceptors (Lipinski definition) is 7. The lowest BCUT2D eigenvalue weighted by Crippen LogP contribution is -2.54. The molecule has 200 valence electrons. The van der Waals surface area contributed by atoms with Gasteiger partial charge < -0.3 is 44.0 Å². The van der Waals surface area contributed by atoms with Crippen molar-refractivity contribution >= 4 is 29.7 Å². The van der Waals surface area contributed by atoms with Crippen LogP contribution in [0.1, 0.15) is 37.7 Å². The summed E-state index contributed by atoms with van der Waals surface area (Å²) in [5, 5.41) is 17.0. The number of nitrogens with zero attached hydrogens (tertiary/aromatic N) is 1. The van der Waals surface area contributed by atoms with Gasteiger partial charge in [0.25, 0.3) is 0 Å². The van der Waals surface area contributed by atoms with Gasteiger partial charge in [-0.3, -0.25) is 19.4 Å². The molecule has 1 aromatic rings. The second-order valence-electron chi connectivity index (χ2n) is 8.27. The number of benzene rings is 1. The molecule has 0 fully saturated rings. The monoisotopic (exact) mass is 506 g/mol. The normalized spacial score (nSPS) is 13.1. The highest BCUT2D eigenvalue weighted by molar-refractivity contribution is 5.92. The summed E-state index contributed by atoms with van der Waals surface area (Å²) in [7, 11) is 0. The highest BCUT2D eigenvalue weighted by atomic mass is 16.4. The van der Waals surface area contributed by atoms with E-state index in [0.29, 0.717) is 38.8 Å². The van der Waals surface area contributed by atoms with Crippen LogP contribution in [0.3, 0.4) is 0 Å². The van der Waals surface area contributed by atoms with E-state index >= 15 is 0 Å². The molecule has 0 aliphatic carbocycles. The highest BCUT2D eigenvalue weighted by Gasteiger charge is 2.27. The summed E-state index contributed by atoms with van der Waals surface area (Å²) < 4.78 is 0. The molecule has 36 heavy (non-hydrogen) atoms. The van der Waals surface area contributed by atoms with E-state index in [-0.39, 0.29) is 18.8 Å². The van der Waals surface area contributed by atoms with Crippen molar-refractivity contribution in [3.05, 3.63) is 35.9 Å². The van der Waals surface area contributed by atoms with E-state index in [4.69, 9.17) is 22.9 Å². The molecule has 13 nitrogen and oxygen atoms in total. The molecule has 0 saturated heterocycles. The lowest BCUT2D eigenvalue weighted by atomic mass is 10.0. The van der Waals surface area contributed by atoms with Crippen LogP contribution in [0.5, 0.6) is 0 Å². The molecule has 1 aromatic carbocycles. The third-order valence-corrected chi connectivity index (χ3v) is 5.22. The predicted molar refractivity (Wildman–Crippen MR) is 135 cm³/mol. The van der Waals surface area contributed by atoms with E-state index in [1.54, 1.807) is 30.3 Å². The molecule has 0 aliphatic rings. The fourth-order valence-electron chi connectivity index (χ4n) is 3.28. The van der Waals surface area contributed by atoms with Crippen LogP contribution in [0.2, 0.25) is 0 Å². The Morgan fingerprint density at radius 1 is 0.917 bits per heavy atom. The van der Waals surface area contributed by atoms with Crippen molar-refractivity contribution in [3.8, 4) is 0 Å². The molecule has 3 unspecified atom stereocenters. The second kappa shape index (κ2) is 16.8. The van der Waals surface area contributed by atoms with Crippen LogP contribution in [0.15, 0.2) is 35.3 Å². The fourth-order valence-corrected chi connectivity index (χ4v) is 3.28. The highest BCUT2D eigenvalue weighted by Crippen LogP contribution is 2.06. The van der Waals surface area contributed by atoms with E-state index in [1.165, 1.54) is 0 Å². The van der Waals surface area contributed by atoms with Crippen LogP contribution < -0.4 is 38.9 Å². The van der Waals surface area contributed by atoms with E-state index in [2.05, 4.69) is 20.9 Å². The third-order valence-electron chi connectivity index (χ3n) is 5.22. The molecule has 3 amide bonds. The van der Waals surface area contributed by atoms with Gasteiger partial charge in [-0.2, -0.15) is 0 Å². The number of unbranched alkanes of at least 4 members (excludes halogenated alkanes) is 1. The largest absolute Gasteiger partial charge is 0.480 e. The molecule has 1 rings (SSSR count). The Morgan fingerprint density at radius 2 is 1.61 bits per heavy atom. The van der Waals surface area contributed by atoms with Crippen LogP contribution in [0.25, 0.3) is 0 Å². The number of carboxylic acids is 1. The number of aliphatic carboxylic acids is 1. The number of carbonyl (C=O) groups excluding carboxylic acids is 3. The van der Waals surface area contributed by atoms with E-state index in [1.807, 2.05) is 0 Å². The Balaban J connectivity index is 2.66. The number of amides is 3. The molecule has 0 saturated carbocycles. The van der Waals surface area contributed by atoms with Crippen molar-refractivity contribution in [1.82, 2.24) is 16.0 Å². The number of carboxylic acid groups (broad SMARTS) is 1. The van der Waals surface area contributed by atoms with Crippen LogP contribution in [-0.4, -0.2) is 72.5 Å². The minimum atomic E-state index is -1.19. The van der Waals surface area contributed by atoms with Crippen molar-refractivity contribution in [2.45, 2.75) is 56.7 Å². The Kier molecular flexibility index (Phi) is 14.2. The topological polar surface area (TPSA) is 241 Å². The second-order valence-corrected chi connectivity index (χ2v) is 8.27. The molecule has 0 heterocycles. The number of nitrogens with one attached hydrogen (secondary N) is 3. The van der Waals surface area contributed by atoms with Gasteiger partial charge in [-0.05, 0) is 44.2 Å². The van der Waals surface area contributed by atoms with Crippen LogP contribution in [0.4, 0.5) is 0 Å². The minimum Gasteiger partial charge on any atom is -0.480 e. The zero-order valence-corrected chi connectivity index (χ0v) is 20.3. The summed E-state index contributed by atoms with van der Waals surface area (Å²) in [4.78, 5) is 53.0. The summed E-state index contributed by atoms with van der Waals surface area (Å²) >= 11 is 0. The molecule has 0 spiro atoms. The smallest absolute Gasteiger partial charge is 0.326 e. The molecule has 3 atom stereocenters. The quantitative estimate of drug-likeness (QED) is 0.0655. The van der Waals surface area contributed by atoms with Crippen molar-refractivity contribution in [2.75, 3.05) is 19.6 Å². The maximum absolute atomic E-state index is 12.9. The van der Waals surface area contributed by atoms with Gasteiger partial charge in [0.05, 0.1) is 12.6 Å².